The van der Waals surface area contributed by atoms with Crippen LogP contribution in [0.1, 0.15) is 26.7 Å². The van der Waals surface area contributed by atoms with Gasteiger partial charge in [0.1, 0.15) is 10.9 Å². The van der Waals surface area contributed by atoms with E-state index in [1.165, 1.54) is 6.33 Å². The van der Waals surface area contributed by atoms with Crippen molar-refractivity contribution in [3.05, 3.63) is 80.8 Å². The number of aliphatic hydroxyl groups excluding tert-OH is 1. The van der Waals surface area contributed by atoms with Crippen LogP contribution in [0.15, 0.2) is 52.6 Å². The van der Waals surface area contributed by atoms with Gasteiger partial charge >= 0.3 is 0 Å². The number of hydrogen-bond acceptors (Lipinski definition) is 6. The van der Waals surface area contributed by atoms with Gasteiger partial charge in [-0.3, -0.25) is 15.5 Å². The minimum atomic E-state index is -0.224. The summed E-state index contributed by atoms with van der Waals surface area (Å²) in [5, 5.41) is 9.88. The third kappa shape index (κ3) is 9.33. The molecule has 4 rings (SSSR count). The summed E-state index contributed by atoms with van der Waals surface area (Å²) in [7, 11) is 0. The van der Waals surface area contributed by atoms with Gasteiger partial charge in [-0.15, -0.1) is 0 Å². The molecule has 0 unspecified atom stereocenters. The van der Waals surface area contributed by atoms with Crippen LogP contribution in [-0.4, -0.2) is 58.5 Å². The Morgan fingerprint density at radius 2 is 1.47 bits per heavy atom. The number of nitrogens with zero attached hydrogens (tertiary/aromatic N) is 5. The molecule has 9 nitrogen and oxygen atoms in total. The van der Waals surface area contributed by atoms with E-state index in [2.05, 4.69) is 9.97 Å². The Hall–Kier alpha value is 0.00753. The van der Waals surface area contributed by atoms with Crippen molar-refractivity contribution in [1.29, 1.82) is 0 Å². The molecule has 0 aromatic heterocycles. The van der Waals surface area contributed by atoms with E-state index in [0.29, 0.717) is 17.3 Å². The third-order valence-electron chi connectivity index (χ3n) is 5.45. The molecule has 3 radical (unpaired) electrons. The van der Waals surface area contributed by atoms with E-state index in [9.17, 15) is 14.4 Å². The van der Waals surface area contributed by atoms with E-state index in [-0.39, 0.29) is 139 Å². The van der Waals surface area contributed by atoms with E-state index in [4.69, 9.17) is 5.11 Å². The normalized spacial score (nSPS) is 11.9. The summed E-state index contributed by atoms with van der Waals surface area (Å²) in [5.74, 6) is 0.151. The molecule has 0 spiro atoms. The molecule has 0 atom stereocenters. The molecule has 0 saturated carbocycles. The van der Waals surface area contributed by atoms with Crippen molar-refractivity contribution in [1.82, 2.24) is 24.7 Å². The first kappa shape index (κ1) is 36.0. The summed E-state index contributed by atoms with van der Waals surface area (Å²) in [6, 6.07) is 6.72. The molecule has 1 N–H and O–H groups in total. The largest absolute Gasteiger partial charge is 0.806 e. The number of amides is 1. The predicted molar refractivity (Wildman–Crippen MR) is 125 cm³/mol. The summed E-state index contributed by atoms with van der Waals surface area (Å²) in [6.45, 7) is 8.96. The molecule has 12 heteroatoms. The van der Waals surface area contributed by atoms with E-state index < -0.39 is 0 Å². The van der Waals surface area contributed by atoms with Gasteiger partial charge in [0.2, 0.25) is 5.91 Å². The number of fused-ring (bicyclic) bond motifs is 1. The monoisotopic (exact) mass is 930 g/mol. The average molecular weight is 930 g/mol. The number of carbonyl (C=O) groups excluding carboxylic acids is 1. The van der Waals surface area contributed by atoms with Gasteiger partial charge < -0.3 is 45.7 Å². The van der Waals surface area contributed by atoms with Gasteiger partial charge in [-0.05, 0) is 45.6 Å². The predicted octanol–water partition coefficient (Wildman–Crippen LogP) is 0.751. The zero-order valence-electron chi connectivity index (χ0n) is 20.4. The Bertz CT molecular complexity index is 1210. The molecule has 36 heavy (non-hydrogen) atoms. The fourth-order valence-corrected chi connectivity index (χ4v) is 3.64. The molecule has 195 valence electrons. The number of likely N-dealkylation sites (N-methyl/N-ethyl adjacent to an activating group) is 1. The van der Waals surface area contributed by atoms with Crippen LogP contribution in [0.25, 0.3) is 10.8 Å². The SMILES string of the molecule is CCN(CC)C(=O)CN1C=CN(CCCCO)[CH-]1.O=c1c2[n-][cH-][n-]c=2c(=O)c2ccccc12.[Au].[Pr].[Pr]. The number of aliphatic hydroxyl groups is 1. The number of benzene rings is 1. The summed E-state index contributed by atoms with van der Waals surface area (Å²) < 4.78 is 0. The third-order valence-corrected chi connectivity index (χ3v) is 5.45. The van der Waals surface area contributed by atoms with Gasteiger partial charge in [0.15, 0.2) is 0 Å². The van der Waals surface area contributed by atoms with E-state index in [1.807, 2.05) is 47.6 Å². The Balaban J connectivity index is 0.000000633. The van der Waals surface area contributed by atoms with Crippen LogP contribution in [0, 0.1) is 100.0 Å². The fourth-order valence-electron chi connectivity index (χ4n) is 3.64. The number of rotatable bonds is 8. The molecule has 0 saturated heterocycles. The quantitative estimate of drug-likeness (QED) is 0.201. The van der Waals surface area contributed by atoms with E-state index in [1.54, 1.807) is 24.3 Å². The van der Waals surface area contributed by atoms with Gasteiger partial charge in [0.25, 0.3) is 0 Å². The van der Waals surface area contributed by atoms with Gasteiger partial charge in [-0.25, -0.2) is 0 Å². The summed E-state index contributed by atoms with van der Waals surface area (Å²) in [5.41, 5.74) is -0.449. The van der Waals surface area contributed by atoms with Gasteiger partial charge in [0.05, 0.1) is 6.54 Å². The van der Waals surface area contributed by atoms with Crippen molar-refractivity contribution >= 4 is 16.7 Å². The Morgan fingerprint density at radius 3 is 1.97 bits per heavy atom. The van der Waals surface area contributed by atoms with Crippen LogP contribution in [0.4, 0.5) is 0 Å². The summed E-state index contributed by atoms with van der Waals surface area (Å²) in [4.78, 5) is 49.0. The van der Waals surface area contributed by atoms with Crippen molar-refractivity contribution in [3.63, 3.8) is 0 Å². The maximum atomic E-state index is 11.9. The van der Waals surface area contributed by atoms with Crippen LogP contribution < -0.4 is 20.8 Å². The number of carbonyl (C=O) groups is 1. The summed E-state index contributed by atoms with van der Waals surface area (Å²) in [6.07, 6.45) is 6.89. The molecule has 1 aliphatic carbocycles. The average Bonchev–Trinajstić information content (AvgIpc) is 3.49. The molecule has 0 bridgehead atoms. The first-order chi connectivity index (χ1) is 16.0. The van der Waals surface area contributed by atoms with Gasteiger partial charge in [-0.1, -0.05) is 24.3 Å². The second-order valence-corrected chi connectivity index (χ2v) is 7.60. The fraction of sp³-hybridized carbons (Fsp3) is 0.375. The van der Waals surface area contributed by atoms with E-state index >= 15 is 0 Å². The van der Waals surface area contributed by atoms with Gasteiger partial charge in [-0.2, -0.15) is 6.67 Å². The van der Waals surface area contributed by atoms with Crippen molar-refractivity contribution < 1.29 is 115 Å². The maximum Gasteiger partial charge on any atom is 0.239 e. The molecular formula is C24H29AuN5O4Pr2-4. The first-order valence-electron chi connectivity index (χ1n) is 11.1. The molecule has 2 aliphatic heterocycles. The zero-order valence-corrected chi connectivity index (χ0v) is 30.0. The minimum absolute atomic E-state index is 0. The van der Waals surface area contributed by atoms with Gasteiger partial charge in [0, 0.05) is 135 Å². The minimum Gasteiger partial charge on any atom is -0.806 e. The molecule has 1 aromatic rings. The first-order valence-corrected chi connectivity index (χ1v) is 11.1. The smallest absolute Gasteiger partial charge is 0.239 e. The number of aromatic nitrogens is 2. The molecular weight excluding hydrogens is 901 g/mol. The van der Waals surface area contributed by atoms with Crippen LogP contribution in [0.5, 0.6) is 0 Å². The Kier molecular flexibility index (Phi) is 18.3. The van der Waals surface area contributed by atoms with Crippen LogP contribution >= 0.6 is 0 Å². The van der Waals surface area contributed by atoms with Crippen LogP contribution in [0.3, 0.4) is 0 Å². The topological polar surface area (TPSA) is 109 Å². The van der Waals surface area contributed by atoms with E-state index in [0.717, 1.165) is 32.5 Å². The van der Waals surface area contributed by atoms with Crippen molar-refractivity contribution in [2.24, 2.45) is 0 Å². The van der Waals surface area contributed by atoms with Crippen LogP contribution in [0.2, 0.25) is 0 Å². The standard InChI is InChI=1S/C13H24N3O2.C11H5N2O2.Au.2Pr/c1-3-16(4-2)13(18)11-15-9-8-14(12-15)7-5-6-10-17;14-10-6-3-1-2-4-7(6)11(15)9-8(10)12-5-13-9;;;/h8-9,12,17H,3-7,10-11H2,1-2H3;1-5H;;;/q-1;-3;;;. The second kappa shape index (κ2) is 18.3. The van der Waals surface area contributed by atoms with Crippen LogP contribution in [-0.2, 0) is 27.2 Å². The molecule has 2 heterocycles. The maximum absolute atomic E-state index is 11.9. The molecule has 0 fully saturated rings. The Morgan fingerprint density at radius 1 is 0.944 bits per heavy atom. The Labute approximate surface area is 292 Å². The molecule has 1 amide bonds. The van der Waals surface area contributed by atoms with Crippen molar-refractivity contribution in [2.75, 3.05) is 32.8 Å². The molecule has 3 aliphatic rings. The molecule has 1 aromatic carbocycles. The second-order valence-electron chi connectivity index (χ2n) is 7.60. The number of unbranched alkanes of at least 4 members (excludes halogenated alkanes) is 1. The zero-order chi connectivity index (χ0) is 23.8. The van der Waals surface area contributed by atoms with Crippen molar-refractivity contribution in [3.8, 4) is 0 Å². The summed E-state index contributed by atoms with van der Waals surface area (Å²) >= 11 is 0. The van der Waals surface area contributed by atoms with Crippen molar-refractivity contribution in [2.45, 2.75) is 26.7 Å². The number of hydrogen-bond donors (Lipinski definition) is 1.